The maximum atomic E-state index is 12.5. The molecule has 4 aromatic rings. The van der Waals surface area contributed by atoms with Crippen molar-refractivity contribution >= 4 is 35.1 Å². The Balaban J connectivity index is 1.30. The first-order valence-electron chi connectivity index (χ1n) is 9.86. The maximum Gasteiger partial charge on any atom is 0.193 e. The van der Waals surface area contributed by atoms with Gasteiger partial charge in [0.25, 0.3) is 0 Å². The molecule has 0 spiro atoms. The number of hydrogen-bond donors (Lipinski definition) is 0. The molecule has 0 heterocycles. The van der Waals surface area contributed by atoms with Gasteiger partial charge < -0.3 is 0 Å². The van der Waals surface area contributed by atoms with Crippen molar-refractivity contribution in [1.82, 2.24) is 0 Å². The molecule has 4 rings (SSSR count). The van der Waals surface area contributed by atoms with Crippen LogP contribution in [0.4, 0.5) is 0 Å². The van der Waals surface area contributed by atoms with Gasteiger partial charge in [-0.05, 0) is 48.5 Å². The van der Waals surface area contributed by atoms with Crippen LogP contribution in [0.25, 0.3) is 0 Å². The zero-order chi connectivity index (χ0) is 21.5. The van der Waals surface area contributed by atoms with Gasteiger partial charge in [-0.2, -0.15) is 0 Å². The first-order chi connectivity index (χ1) is 15.2. The van der Waals surface area contributed by atoms with Crippen LogP contribution in [0.3, 0.4) is 0 Å². The SMILES string of the molecule is O=C(c1ccccc1)c1ccc(SCSc2ccc(C(=O)c3ccccc3)cc2)cc1. The van der Waals surface area contributed by atoms with E-state index in [0.29, 0.717) is 22.3 Å². The second-order valence-corrected chi connectivity index (χ2v) is 9.31. The number of thioether (sulfide) groups is 2. The van der Waals surface area contributed by atoms with Gasteiger partial charge in [0.2, 0.25) is 0 Å². The highest BCUT2D eigenvalue weighted by Crippen LogP contribution is 2.28. The number of rotatable bonds is 8. The average molecular weight is 441 g/mol. The number of ketones is 2. The fourth-order valence-electron chi connectivity index (χ4n) is 3.08. The van der Waals surface area contributed by atoms with Crippen molar-refractivity contribution in [1.29, 1.82) is 0 Å². The molecule has 0 saturated carbocycles. The number of carbonyl (C=O) groups excluding carboxylic acids is 2. The van der Waals surface area contributed by atoms with E-state index in [1.165, 1.54) is 0 Å². The zero-order valence-corrected chi connectivity index (χ0v) is 18.4. The molecule has 4 heteroatoms. The molecular formula is C27H20O2S2. The molecule has 0 aliphatic rings. The van der Waals surface area contributed by atoms with Crippen molar-refractivity contribution in [3.8, 4) is 0 Å². The molecule has 2 nitrogen and oxygen atoms in total. The van der Waals surface area contributed by atoms with Crippen LogP contribution in [0, 0.1) is 0 Å². The van der Waals surface area contributed by atoms with E-state index in [1.54, 1.807) is 23.5 Å². The highest BCUT2D eigenvalue weighted by atomic mass is 32.2. The van der Waals surface area contributed by atoms with E-state index >= 15 is 0 Å². The predicted molar refractivity (Wildman–Crippen MR) is 129 cm³/mol. The van der Waals surface area contributed by atoms with Gasteiger partial charge in [-0.1, -0.05) is 60.7 Å². The third kappa shape index (κ3) is 5.54. The van der Waals surface area contributed by atoms with Gasteiger partial charge in [0.05, 0.1) is 0 Å². The molecule has 0 aromatic heterocycles. The van der Waals surface area contributed by atoms with E-state index in [-0.39, 0.29) is 11.6 Å². The summed E-state index contributed by atoms with van der Waals surface area (Å²) in [6, 6.07) is 34.1. The molecule has 4 aromatic carbocycles. The summed E-state index contributed by atoms with van der Waals surface area (Å²) in [6.45, 7) is 0. The van der Waals surface area contributed by atoms with Crippen LogP contribution < -0.4 is 0 Å². The van der Waals surface area contributed by atoms with Crippen LogP contribution in [-0.2, 0) is 0 Å². The molecule has 0 aliphatic heterocycles. The summed E-state index contributed by atoms with van der Waals surface area (Å²) in [6.07, 6.45) is 0. The Kier molecular flexibility index (Phi) is 7.03. The number of hydrogen-bond acceptors (Lipinski definition) is 4. The third-order valence-electron chi connectivity index (χ3n) is 4.76. The van der Waals surface area contributed by atoms with Gasteiger partial charge in [0, 0.05) is 37.1 Å². The minimum atomic E-state index is 0.0386. The Hall–Kier alpha value is -3.08. The molecule has 0 bridgehead atoms. The van der Waals surface area contributed by atoms with Crippen molar-refractivity contribution in [2.24, 2.45) is 0 Å². The monoisotopic (exact) mass is 440 g/mol. The topological polar surface area (TPSA) is 34.1 Å². The van der Waals surface area contributed by atoms with E-state index in [9.17, 15) is 9.59 Å². The molecule has 0 saturated heterocycles. The quantitative estimate of drug-likeness (QED) is 0.168. The molecule has 0 unspecified atom stereocenters. The molecule has 0 radical (unpaired) electrons. The molecule has 0 fully saturated rings. The lowest BCUT2D eigenvalue weighted by Gasteiger charge is -2.06. The molecule has 31 heavy (non-hydrogen) atoms. The largest absolute Gasteiger partial charge is 0.289 e. The smallest absolute Gasteiger partial charge is 0.193 e. The van der Waals surface area contributed by atoms with Crippen LogP contribution in [0.15, 0.2) is 119 Å². The molecule has 0 amide bonds. The van der Waals surface area contributed by atoms with Gasteiger partial charge in [-0.25, -0.2) is 0 Å². The van der Waals surface area contributed by atoms with Gasteiger partial charge in [-0.15, -0.1) is 23.5 Å². The number of carbonyl (C=O) groups is 2. The van der Waals surface area contributed by atoms with E-state index in [1.807, 2.05) is 109 Å². The van der Waals surface area contributed by atoms with Crippen molar-refractivity contribution in [2.45, 2.75) is 9.79 Å². The minimum absolute atomic E-state index is 0.0386. The van der Waals surface area contributed by atoms with Gasteiger partial charge in [0.15, 0.2) is 11.6 Å². The summed E-state index contributed by atoms with van der Waals surface area (Å²) >= 11 is 3.45. The Labute approximate surface area is 190 Å². The summed E-state index contributed by atoms with van der Waals surface area (Å²) in [7, 11) is 0. The summed E-state index contributed by atoms with van der Waals surface area (Å²) in [5, 5.41) is 0.845. The molecular weight excluding hydrogens is 420 g/mol. The van der Waals surface area contributed by atoms with Crippen LogP contribution in [0.2, 0.25) is 0 Å². The predicted octanol–water partition coefficient (Wildman–Crippen LogP) is 6.99. The standard InChI is InChI=1S/C27H20O2S2/c28-26(20-7-3-1-4-8-20)22-11-15-24(16-12-22)30-19-31-25-17-13-23(14-18-25)27(29)21-9-5-2-6-10-21/h1-18H,19H2. The average Bonchev–Trinajstić information content (AvgIpc) is 2.85. The van der Waals surface area contributed by atoms with Gasteiger partial charge in [0.1, 0.15) is 0 Å². The van der Waals surface area contributed by atoms with Crippen molar-refractivity contribution in [2.75, 3.05) is 5.08 Å². The Morgan fingerprint density at radius 1 is 0.452 bits per heavy atom. The van der Waals surface area contributed by atoms with Crippen molar-refractivity contribution in [3.63, 3.8) is 0 Å². The molecule has 0 atom stereocenters. The summed E-state index contributed by atoms with van der Waals surface area (Å²) in [5.74, 6) is 0.0772. The van der Waals surface area contributed by atoms with Gasteiger partial charge >= 0.3 is 0 Å². The van der Waals surface area contributed by atoms with Gasteiger partial charge in [-0.3, -0.25) is 9.59 Å². The lowest BCUT2D eigenvalue weighted by atomic mass is 10.0. The zero-order valence-electron chi connectivity index (χ0n) is 16.7. The van der Waals surface area contributed by atoms with Crippen LogP contribution >= 0.6 is 23.5 Å². The highest BCUT2D eigenvalue weighted by molar-refractivity contribution is 8.16. The normalized spacial score (nSPS) is 10.6. The Morgan fingerprint density at radius 3 is 1.13 bits per heavy atom. The van der Waals surface area contributed by atoms with Crippen molar-refractivity contribution in [3.05, 3.63) is 131 Å². The summed E-state index contributed by atoms with van der Waals surface area (Å²) in [4.78, 5) is 27.2. The second-order valence-electron chi connectivity index (χ2n) is 6.85. The first-order valence-corrected chi connectivity index (χ1v) is 11.8. The fraction of sp³-hybridized carbons (Fsp3) is 0.0370. The Morgan fingerprint density at radius 2 is 0.774 bits per heavy atom. The number of benzene rings is 4. The molecule has 152 valence electrons. The van der Waals surface area contributed by atoms with Crippen LogP contribution in [0.1, 0.15) is 31.8 Å². The maximum absolute atomic E-state index is 12.5. The van der Waals surface area contributed by atoms with Crippen molar-refractivity contribution < 1.29 is 9.59 Å². The van der Waals surface area contributed by atoms with E-state index < -0.39 is 0 Å². The lowest BCUT2D eigenvalue weighted by Crippen LogP contribution is -2.00. The first kappa shape index (κ1) is 21.2. The van der Waals surface area contributed by atoms with Crippen LogP contribution in [0.5, 0.6) is 0 Å². The third-order valence-corrected chi connectivity index (χ3v) is 6.91. The second kappa shape index (κ2) is 10.3. The Bertz CT molecular complexity index is 1060. The summed E-state index contributed by atoms with van der Waals surface area (Å²) in [5.41, 5.74) is 2.80. The van der Waals surface area contributed by atoms with E-state index in [2.05, 4.69) is 0 Å². The highest BCUT2D eigenvalue weighted by Gasteiger charge is 2.09. The minimum Gasteiger partial charge on any atom is -0.289 e. The molecule has 0 N–H and O–H groups in total. The van der Waals surface area contributed by atoms with Crippen LogP contribution in [-0.4, -0.2) is 16.7 Å². The van der Waals surface area contributed by atoms with E-state index in [0.717, 1.165) is 14.9 Å². The molecule has 0 aliphatic carbocycles. The fourth-order valence-corrected chi connectivity index (χ4v) is 5.06. The summed E-state index contributed by atoms with van der Waals surface area (Å²) < 4.78 is 0. The van der Waals surface area contributed by atoms with E-state index in [4.69, 9.17) is 0 Å². The lowest BCUT2D eigenvalue weighted by molar-refractivity contribution is 0.103.